The van der Waals surface area contributed by atoms with E-state index in [9.17, 15) is 0 Å². The molecule has 0 unspecified atom stereocenters. The molecule has 0 aliphatic heterocycles. The molecule has 0 spiro atoms. The van der Waals surface area contributed by atoms with Gasteiger partial charge in [-0.1, -0.05) is 12.1 Å². The van der Waals surface area contributed by atoms with Gasteiger partial charge in [-0.2, -0.15) is 0 Å². The number of nitrogens with zero attached hydrogens (tertiary/aromatic N) is 2. The zero-order valence-electron chi connectivity index (χ0n) is 8.84. The zero-order chi connectivity index (χ0) is 11.2. The van der Waals surface area contributed by atoms with Gasteiger partial charge in [0.2, 0.25) is 0 Å². The van der Waals surface area contributed by atoms with Crippen molar-refractivity contribution in [1.82, 2.24) is 9.97 Å². The molecule has 0 amide bonds. The van der Waals surface area contributed by atoms with Crippen LogP contribution in [0, 0.1) is 0 Å². The molecule has 2 N–H and O–H groups in total. The molecule has 4 nitrogen and oxygen atoms in total. The molecule has 16 heavy (non-hydrogen) atoms. The summed E-state index contributed by atoms with van der Waals surface area (Å²) in [5.74, 6) is 1.45. The highest BCUT2D eigenvalue weighted by Crippen LogP contribution is 2.13. The largest absolute Gasteiger partial charge is 0.486 e. The second-order valence-corrected chi connectivity index (χ2v) is 3.31. The van der Waals surface area contributed by atoms with Gasteiger partial charge < -0.3 is 10.5 Å². The SMILES string of the molecule is NCc1cccc(OCc2ncccn2)c1. The van der Waals surface area contributed by atoms with Crippen molar-refractivity contribution in [3.8, 4) is 5.75 Å². The Morgan fingerprint density at radius 3 is 2.69 bits per heavy atom. The Balaban J connectivity index is 1.99. The highest BCUT2D eigenvalue weighted by atomic mass is 16.5. The van der Waals surface area contributed by atoms with Crippen LogP contribution in [0.3, 0.4) is 0 Å². The first kappa shape index (κ1) is 10.6. The fraction of sp³-hybridized carbons (Fsp3) is 0.167. The second kappa shape index (κ2) is 5.23. The van der Waals surface area contributed by atoms with Crippen LogP contribution in [0.1, 0.15) is 11.4 Å². The lowest BCUT2D eigenvalue weighted by Crippen LogP contribution is -2.01. The van der Waals surface area contributed by atoms with E-state index in [-0.39, 0.29) is 0 Å². The van der Waals surface area contributed by atoms with Crippen LogP contribution < -0.4 is 10.5 Å². The van der Waals surface area contributed by atoms with Crippen LogP contribution in [0.4, 0.5) is 0 Å². The monoisotopic (exact) mass is 215 g/mol. The molecule has 1 heterocycles. The van der Waals surface area contributed by atoms with Gasteiger partial charge in [-0.25, -0.2) is 9.97 Å². The topological polar surface area (TPSA) is 61.0 Å². The van der Waals surface area contributed by atoms with Crippen LogP contribution in [-0.4, -0.2) is 9.97 Å². The summed E-state index contributed by atoms with van der Waals surface area (Å²) >= 11 is 0. The Bertz CT molecular complexity index is 445. The Morgan fingerprint density at radius 2 is 1.94 bits per heavy atom. The van der Waals surface area contributed by atoms with Gasteiger partial charge in [0.05, 0.1) is 0 Å². The third-order valence-corrected chi connectivity index (χ3v) is 2.12. The number of hydrogen-bond acceptors (Lipinski definition) is 4. The molecule has 0 saturated carbocycles. The first-order chi connectivity index (χ1) is 7.88. The van der Waals surface area contributed by atoms with E-state index in [0.717, 1.165) is 11.3 Å². The van der Waals surface area contributed by atoms with Crippen molar-refractivity contribution in [3.05, 3.63) is 54.1 Å². The maximum absolute atomic E-state index is 5.55. The van der Waals surface area contributed by atoms with Crippen LogP contribution >= 0.6 is 0 Å². The maximum Gasteiger partial charge on any atom is 0.166 e. The fourth-order valence-electron chi connectivity index (χ4n) is 1.31. The molecule has 4 heteroatoms. The van der Waals surface area contributed by atoms with E-state index in [1.807, 2.05) is 24.3 Å². The summed E-state index contributed by atoms with van der Waals surface area (Å²) < 4.78 is 5.55. The Labute approximate surface area is 94.1 Å². The first-order valence-corrected chi connectivity index (χ1v) is 5.06. The first-order valence-electron chi connectivity index (χ1n) is 5.06. The summed E-state index contributed by atoms with van der Waals surface area (Å²) in [4.78, 5) is 8.15. The van der Waals surface area contributed by atoms with Crippen molar-refractivity contribution in [2.24, 2.45) is 5.73 Å². The smallest absolute Gasteiger partial charge is 0.166 e. The third-order valence-electron chi connectivity index (χ3n) is 2.12. The molecule has 0 saturated heterocycles. The van der Waals surface area contributed by atoms with Gasteiger partial charge in [-0.05, 0) is 23.8 Å². The molecular formula is C12H13N3O. The van der Waals surface area contributed by atoms with E-state index in [1.54, 1.807) is 18.5 Å². The highest BCUT2D eigenvalue weighted by Gasteiger charge is 1.98. The summed E-state index contributed by atoms with van der Waals surface area (Å²) in [6, 6.07) is 9.47. The van der Waals surface area contributed by atoms with E-state index in [0.29, 0.717) is 19.0 Å². The van der Waals surface area contributed by atoms with Gasteiger partial charge in [-0.15, -0.1) is 0 Å². The van der Waals surface area contributed by atoms with Crippen molar-refractivity contribution >= 4 is 0 Å². The summed E-state index contributed by atoms with van der Waals surface area (Å²) in [5.41, 5.74) is 6.59. The van der Waals surface area contributed by atoms with Crippen LogP contribution in [-0.2, 0) is 13.2 Å². The number of nitrogens with two attached hydrogens (primary N) is 1. The molecule has 0 aliphatic carbocycles. The van der Waals surface area contributed by atoms with Crippen LogP contribution in [0.5, 0.6) is 5.75 Å². The lowest BCUT2D eigenvalue weighted by atomic mass is 10.2. The van der Waals surface area contributed by atoms with Crippen molar-refractivity contribution in [3.63, 3.8) is 0 Å². The third kappa shape index (κ3) is 2.77. The van der Waals surface area contributed by atoms with Crippen molar-refractivity contribution in [2.45, 2.75) is 13.2 Å². The number of ether oxygens (including phenoxy) is 1. The molecule has 82 valence electrons. The van der Waals surface area contributed by atoms with E-state index >= 15 is 0 Å². The molecule has 0 atom stereocenters. The molecule has 0 fully saturated rings. The van der Waals surface area contributed by atoms with E-state index in [2.05, 4.69) is 9.97 Å². The number of rotatable bonds is 4. The predicted molar refractivity (Wildman–Crippen MR) is 60.7 cm³/mol. The molecule has 0 radical (unpaired) electrons. The van der Waals surface area contributed by atoms with Crippen molar-refractivity contribution < 1.29 is 4.74 Å². The fourth-order valence-corrected chi connectivity index (χ4v) is 1.31. The van der Waals surface area contributed by atoms with E-state index < -0.39 is 0 Å². The molecule has 1 aromatic heterocycles. The van der Waals surface area contributed by atoms with Gasteiger partial charge in [0, 0.05) is 18.9 Å². The lowest BCUT2D eigenvalue weighted by Gasteiger charge is -2.06. The minimum atomic E-state index is 0.370. The average Bonchev–Trinajstić information content (AvgIpc) is 2.38. The minimum absolute atomic E-state index is 0.370. The van der Waals surface area contributed by atoms with Gasteiger partial charge in [-0.3, -0.25) is 0 Å². The summed E-state index contributed by atoms with van der Waals surface area (Å²) in [5, 5.41) is 0. The van der Waals surface area contributed by atoms with Gasteiger partial charge in [0.1, 0.15) is 12.4 Å². The van der Waals surface area contributed by atoms with E-state index in [1.165, 1.54) is 0 Å². The number of hydrogen-bond donors (Lipinski definition) is 1. The highest BCUT2D eigenvalue weighted by molar-refractivity contribution is 5.28. The van der Waals surface area contributed by atoms with Crippen molar-refractivity contribution in [1.29, 1.82) is 0 Å². The molecule has 0 aliphatic rings. The molecular weight excluding hydrogens is 202 g/mol. The van der Waals surface area contributed by atoms with Crippen LogP contribution in [0.25, 0.3) is 0 Å². The Hall–Kier alpha value is -1.94. The standard InChI is InChI=1S/C12H13N3O/c13-8-10-3-1-4-11(7-10)16-9-12-14-5-2-6-15-12/h1-7H,8-9,13H2. The molecule has 0 bridgehead atoms. The van der Waals surface area contributed by atoms with Crippen molar-refractivity contribution in [2.75, 3.05) is 0 Å². The Morgan fingerprint density at radius 1 is 1.12 bits per heavy atom. The molecule has 1 aromatic carbocycles. The summed E-state index contributed by atoms with van der Waals surface area (Å²) in [6.45, 7) is 0.883. The lowest BCUT2D eigenvalue weighted by molar-refractivity contribution is 0.295. The van der Waals surface area contributed by atoms with Gasteiger partial charge in [0.15, 0.2) is 5.82 Å². The van der Waals surface area contributed by atoms with Gasteiger partial charge in [0.25, 0.3) is 0 Å². The van der Waals surface area contributed by atoms with Gasteiger partial charge >= 0.3 is 0 Å². The number of aromatic nitrogens is 2. The number of benzene rings is 1. The quantitative estimate of drug-likeness (QED) is 0.839. The minimum Gasteiger partial charge on any atom is -0.486 e. The van der Waals surface area contributed by atoms with Crippen LogP contribution in [0.15, 0.2) is 42.7 Å². The summed E-state index contributed by atoms with van der Waals surface area (Å²) in [7, 11) is 0. The van der Waals surface area contributed by atoms with E-state index in [4.69, 9.17) is 10.5 Å². The second-order valence-electron chi connectivity index (χ2n) is 3.31. The average molecular weight is 215 g/mol. The normalized spacial score (nSPS) is 10.1. The molecule has 2 aromatic rings. The zero-order valence-corrected chi connectivity index (χ0v) is 8.84. The van der Waals surface area contributed by atoms with Crippen LogP contribution in [0.2, 0.25) is 0 Å². The predicted octanol–water partition coefficient (Wildman–Crippen LogP) is 1.51. The molecule has 2 rings (SSSR count). The Kier molecular flexibility index (Phi) is 3.46. The summed E-state index contributed by atoms with van der Waals surface area (Å²) in [6.07, 6.45) is 3.39. The maximum atomic E-state index is 5.55.